The van der Waals surface area contributed by atoms with Crippen LogP contribution in [0.15, 0.2) is 11.4 Å². The first-order valence-electron chi connectivity index (χ1n) is 7.53. The fraction of sp³-hybridized carbons (Fsp3) is 0.846. The highest BCUT2D eigenvalue weighted by atomic mass is 19.4. The summed E-state index contributed by atoms with van der Waals surface area (Å²) in [6.45, 7) is -1.26. The Bertz CT molecular complexity index is 747. The van der Waals surface area contributed by atoms with Crippen LogP contribution >= 0.6 is 0 Å². The predicted octanol–water partition coefficient (Wildman–Crippen LogP) is 5.26. The molecule has 0 aliphatic carbocycles. The van der Waals surface area contributed by atoms with Crippen molar-refractivity contribution in [3.8, 4) is 0 Å². The SMILES string of the molecule is CC(O)(C(F)(F)F)C(F)(F)C(CC(O)(C(F)(F)F)C(F)(F)F)=C(F)C(O)(C(F)(F)F)C(F)(F)F. The van der Waals surface area contributed by atoms with E-state index < -0.39 is 78.4 Å². The molecule has 0 heterocycles. The third-order valence-corrected chi connectivity index (χ3v) is 4.32. The summed E-state index contributed by atoms with van der Waals surface area (Å²) in [7, 11) is 0. The molecule has 0 aromatic carbocycles. The highest BCUT2D eigenvalue weighted by Crippen LogP contribution is 2.57. The Kier molecular flexibility index (Phi) is 7.81. The first-order valence-corrected chi connectivity index (χ1v) is 7.53. The Morgan fingerprint density at radius 1 is 0.529 bits per heavy atom. The molecule has 0 rings (SSSR count). The van der Waals surface area contributed by atoms with E-state index >= 15 is 0 Å². The summed E-state index contributed by atoms with van der Waals surface area (Å²) in [6, 6.07) is 0. The van der Waals surface area contributed by atoms with Crippen molar-refractivity contribution in [1.82, 2.24) is 0 Å². The molecule has 0 saturated heterocycles. The van der Waals surface area contributed by atoms with E-state index in [0.29, 0.717) is 0 Å². The fourth-order valence-electron chi connectivity index (χ4n) is 2.04. The lowest BCUT2D eigenvalue weighted by Gasteiger charge is -2.41. The molecule has 0 bridgehead atoms. The lowest BCUT2D eigenvalue weighted by atomic mass is 9.80. The largest absolute Gasteiger partial charge is 0.433 e. The molecular weight excluding hydrogens is 546 g/mol. The van der Waals surface area contributed by atoms with Crippen molar-refractivity contribution in [2.45, 2.75) is 67.0 Å². The molecule has 0 saturated carbocycles. The molecule has 204 valence electrons. The van der Waals surface area contributed by atoms with Gasteiger partial charge < -0.3 is 15.3 Å². The second kappa shape index (κ2) is 8.20. The first kappa shape index (κ1) is 32.4. The van der Waals surface area contributed by atoms with E-state index in [1.54, 1.807) is 0 Å². The minimum Gasteiger partial charge on any atom is -0.376 e. The van der Waals surface area contributed by atoms with Crippen LogP contribution in [0.1, 0.15) is 13.3 Å². The minimum absolute atomic E-state index is 1.26. The molecule has 0 aliphatic heterocycles. The van der Waals surface area contributed by atoms with E-state index in [9.17, 15) is 79.0 Å². The van der Waals surface area contributed by atoms with E-state index in [1.165, 1.54) is 0 Å². The Balaban J connectivity index is 7.91. The Morgan fingerprint density at radius 3 is 1.03 bits per heavy atom. The van der Waals surface area contributed by atoms with E-state index in [1.807, 2.05) is 0 Å². The summed E-state index contributed by atoms with van der Waals surface area (Å²) < 4.78 is 234. The number of hydrogen-bond donors (Lipinski definition) is 3. The van der Waals surface area contributed by atoms with E-state index in [0.717, 1.165) is 0 Å². The second-order valence-electron chi connectivity index (χ2n) is 6.68. The van der Waals surface area contributed by atoms with Crippen molar-refractivity contribution in [1.29, 1.82) is 0 Å². The van der Waals surface area contributed by atoms with Gasteiger partial charge in [-0.1, -0.05) is 0 Å². The molecule has 0 radical (unpaired) electrons. The Morgan fingerprint density at radius 2 is 0.824 bits per heavy atom. The maximum absolute atomic E-state index is 14.3. The number of halogens is 18. The van der Waals surface area contributed by atoms with Gasteiger partial charge in [0.2, 0.25) is 5.60 Å². The zero-order valence-corrected chi connectivity index (χ0v) is 15.4. The molecular formula is C13H8F18O3. The molecule has 1 atom stereocenters. The van der Waals surface area contributed by atoms with Crippen molar-refractivity contribution >= 4 is 0 Å². The maximum atomic E-state index is 14.3. The molecule has 0 aromatic rings. The molecule has 3 N–H and O–H groups in total. The Hall–Kier alpha value is -1.64. The lowest BCUT2D eigenvalue weighted by molar-refractivity contribution is -0.372. The van der Waals surface area contributed by atoms with Crippen molar-refractivity contribution in [3.63, 3.8) is 0 Å². The standard InChI is InChI=1S/C13H8F18O3/c1-5(32,9(17,18)19)8(15,16)3(2-6(33,10(20,21)22)11(23,24)25)4(14)7(34,12(26,27)28)13(29,30)31/h32-34H,2H2,1H3. The average molecular weight is 554 g/mol. The summed E-state index contributed by atoms with van der Waals surface area (Å²) in [5.41, 5.74) is -25.1. The molecule has 3 nitrogen and oxygen atoms in total. The van der Waals surface area contributed by atoms with Gasteiger partial charge in [0.25, 0.3) is 5.60 Å². The van der Waals surface area contributed by atoms with Crippen molar-refractivity contribution in [2.75, 3.05) is 0 Å². The summed E-state index contributed by atoms with van der Waals surface area (Å²) in [6.07, 6.45) is -41.6. The van der Waals surface area contributed by atoms with Gasteiger partial charge in [0.15, 0.2) is 5.83 Å². The topological polar surface area (TPSA) is 60.7 Å². The quantitative estimate of drug-likeness (QED) is 0.407. The van der Waals surface area contributed by atoms with E-state index in [2.05, 4.69) is 0 Å². The zero-order chi connectivity index (χ0) is 28.4. The van der Waals surface area contributed by atoms with Gasteiger partial charge in [-0.25, -0.2) is 4.39 Å². The van der Waals surface area contributed by atoms with Gasteiger partial charge in [0, 0.05) is 12.0 Å². The van der Waals surface area contributed by atoms with Gasteiger partial charge in [-0.2, -0.15) is 74.6 Å². The number of aliphatic hydroxyl groups is 3. The van der Waals surface area contributed by atoms with Crippen molar-refractivity contribution in [2.24, 2.45) is 0 Å². The van der Waals surface area contributed by atoms with Gasteiger partial charge >= 0.3 is 42.4 Å². The van der Waals surface area contributed by atoms with E-state index in [-0.39, 0.29) is 0 Å². The number of rotatable bonds is 5. The molecule has 0 fully saturated rings. The molecule has 0 aliphatic rings. The van der Waals surface area contributed by atoms with Gasteiger partial charge in [-0.3, -0.25) is 0 Å². The van der Waals surface area contributed by atoms with Gasteiger partial charge in [-0.05, 0) is 6.92 Å². The molecule has 1 unspecified atom stereocenters. The van der Waals surface area contributed by atoms with Crippen LogP contribution < -0.4 is 0 Å². The average Bonchev–Trinajstić information content (AvgIpc) is 2.52. The zero-order valence-electron chi connectivity index (χ0n) is 15.4. The molecule has 21 heteroatoms. The third kappa shape index (κ3) is 4.86. The maximum Gasteiger partial charge on any atom is 0.433 e. The first-order chi connectivity index (χ1) is 14.2. The van der Waals surface area contributed by atoms with Crippen LogP contribution in [0.4, 0.5) is 79.0 Å². The molecule has 0 aromatic heterocycles. The smallest absolute Gasteiger partial charge is 0.376 e. The summed E-state index contributed by atoms with van der Waals surface area (Å²) >= 11 is 0. The summed E-state index contributed by atoms with van der Waals surface area (Å²) in [5.74, 6) is -12.4. The van der Waals surface area contributed by atoms with Crippen LogP contribution in [0.2, 0.25) is 0 Å². The molecule has 0 spiro atoms. The van der Waals surface area contributed by atoms with Crippen LogP contribution in [0.3, 0.4) is 0 Å². The molecule has 0 amide bonds. The van der Waals surface area contributed by atoms with Crippen molar-refractivity contribution in [3.05, 3.63) is 11.4 Å². The summed E-state index contributed by atoms with van der Waals surface area (Å²) in [4.78, 5) is 0. The monoisotopic (exact) mass is 554 g/mol. The van der Waals surface area contributed by atoms with Crippen molar-refractivity contribution < 1.29 is 94.3 Å². The highest BCUT2D eigenvalue weighted by molar-refractivity contribution is 5.33. The third-order valence-electron chi connectivity index (χ3n) is 4.32. The predicted molar refractivity (Wildman–Crippen MR) is 68.5 cm³/mol. The van der Waals surface area contributed by atoms with E-state index in [4.69, 9.17) is 15.3 Å². The number of hydrogen-bond acceptors (Lipinski definition) is 3. The van der Waals surface area contributed by atoms with Crippen LogP contribution in [-0.2, 0) is 0 Å². The fourth-order valence-corrected chi connectivity index (χ4v) is 2.04. The lowest BCUT2D eigenvalue weighted by Crippen LogP contribution is -2.63. The van der Waals surface area contributed by atoms with Crippen LogP contribution in [0, 0.1) is 0 Å². The highest BCUT2D eigenvalue weighted by Gasteiger charge is 2.79. The van der Waals surface area contributed by atoms with Gasteiger partial charge in [-0.15, -0.1) is 0 Å². The molecule has 34 heavy (non-hydrogen) atoms. The minimum atomic E-state index is -7.64. The van der Waals surface area contributed by atoms with Gasteiger partial charge in [0.1, 0.15) is 0 Å². The summed E-state index contributed by atoms with van der Waals surface area (Å²) in [5, 5.41) is 26.5. The van der Waals surface area contributed by atoms with Crippen LogP contribution in [-0.4, -0.2) is 68.9 Å². The van der Waals surface area contributed by atoms with Gasteiger partial charge in [0.05, 0.1) is 0 Å². The Labute approximate surface area is 174 Å². The van der Waals surface area contributed by atoms with Crippen LogP contribution in [0.25, 0.3) is 0 Å². The number of alkyl halides is 17. The second-order valence-corrected chi connectivity index (χ2v) is 6.68. The normalized spacial score (nSPS) is 18.5. The van der Waals surface area contributed by atoms with Crippen LogP contribution in [0.5, 0.6) is 0 Å².